The van der Waals surface area contributed by atoms with E-state index >= 15 is 0 Å². The summed E-state index contributed by atoms with van der Waals surface area (Å²) in [6.07, 6.45) is 3.69. The number of thioether (sulfide) groups is 1. The van der Waals surface area contributed by atoms with E-state index in [1.807, 2.05) is 30.5 Å². The highest BCUT2D eigenvalue weighted by atomic mass is 32.2. The van der Waals surface area contributed by atoms with Gasteiger partial charge in [-0.1, -0.05) is 12.1 Å². The molecular weight excluding hydrogens is 412 g/mol. The van der Waals surface area contributed by atoms with Crippen LogP contribution in [-0.4, -0.2) is 52.1 Å². The molecule has 0 saturated heterocycles. The van der Waals surface area contributed by atoms with Crippen LogP contribution in [0, 0.1) is 0 Å². The van der Waals surface area contributed by atoms with Gasteiger partial charge in [0.2, 0.25) is 0 Å². The number of methoxy groups -OCH3 is 1. The van der Waals surface area contributed by atoms with E-state index in [1.165, 1.54) is 0 Å². The Hall–Kier alpha value is -2.23. The molecule has 158 valence electrons. The zero-order valence-corrected chi connectivity index (χ0v) is 18.4. The number of urea groups is 1. The molecule has 0 atom stereocenters. The van der Waals surface area contributed by atoms with E-state index in [-0.39, 0.29) is 11.8 Å². The fourth-order valence-corrected chi connectivity index (χ4v) is 3.44. The van der Waals surface area contributed by atoms with Crippen molar-refractivity contribution in [1.29, 1.82) is 0 Å². The Bertz CT molecular complexity index is 884. The molecule has 2 aromatic rings. The van der Waals surface area contributed by atoms with E-state index in [0.29, 0.717) is 26.1 Å². The highest BCUT2D eigenvalue weighted by Crippen LogP contribution is 2.19. The first-order chi connectivity index (χ1) is 13.8. The van der Waals surface area contributed by atoms with Crippen molar-refractivity contribution in [1.82, 2.24) is 4.90 Å². The Morgan fingerprint density at radius 3 is 2.31 bits per heavy atom. The minimum absolute atomic E-state index is 0.213. The average Bonchev–Trinajstić information content (AvgIpc) is 2.68. The standard InChI is InChI=1S/C20H26N2O5S2/c1-26-14-4-13-22(20(23)21-17-7-11-19(28-2)12-8-17)15-16-5-9-18(10-6-16)27-29(3,24)25/h5-12H,4,13-15H2,1-3H3,(H,21,23). The topological polar surface area (TPSA) is 84.9 Å². The second kappa shape index (κ2) is 11.1. The van der Waals surface area contributed by atoms with Crippen LogP contribution in [0.2, 0.25) is 0 Å². The van der Waals surface area contributed by atoms with Crippen molar-refractivity contribution in [2.45, 2.75) is 17.9 Å². The lowest BCUT2D eigenvalue weighted by molar-refractivity contribution is 0.171. The first-order valence-corrected chi connectivity index (χ1v) is 12.0. The van der Waals surface area contributed by atoms with E-state index in [1.54, 1.807) is 48.0 Å². The van der Waals surface area contributed by atoms with Crippen LogP contribution in [0.15, 0.2) is 53.4 Å². The summed E-state index contributed by atoms with van der Waals surface area (Å²) in [6.45, 7) is 1.44. The lowest BCUT2D eigenvalue weighted by Gasteiger charge is -2.23. The third kappa shape index (κ3) is 8.35. The van der Waals surface area contributed by atoms with E-state index in [4.69, 9.17) is 8.92 Å². The molecule has 0 radical (unpaired) electrons. The molecule has 2 rings (SSSR count). The zero-order valence-electron chi connectivity index (χ0n) is 16.8. The Labute approximate surface area is 176 Å². The third-order valence-electron chi connectivity index (χ3n) is 3.95. The van der Waals surface area contributed by atoms with E-state index in [9.17, 15) is 13.2 Å². The maximum Gasteiger partial charge on any atom is 0.322 e. The predicted molar refractivity (Wildman–Crippen MR) is 116 cm³/mol. The third-order valence-corrected chi connectivity index (χ3v) is 5.19. The minimum atomic E-state index is -3.57. The lowest BCUT2D eigenvalue weighted by Crippen LogP contribution is -2.35. The molecule has 2 amide bonds. The van der Waals surface area contributed by atoms with Crippen molar-refractivity contribution in [3.05, 3.63) is 54.1 Å². The molecule has 0 saturated carbocycles. The summed E-state index contributed by atoms with van der Waals surface area (Å²) < 4.78 is 32.4. The van der Waals surface area contributed by atoms with Crippen LogP contribution in [0.25, 0.3) is 0 Å². The molecular formula is C20H26N2O5S2. The van der Waals surface area contributed by atoms with Gasteiger partial charge in [0.25, 0.3) is 0 Å². The molecule has 0 aliphatic heterocycles. The summed E-state index contributed by atoms with van der Waals surface area (Å²) in [5.74, 6) is 0.237. The number of nitrogens with one attached hydrogen (secondary N) is 1. The maximum atomic E-state index is 12.8. The van der Waals surface area contributed by atoms with Crippen molar-refractivity contribution in [3.63, 3.8) is 0 Å². The number of hydrogen-bond acceptors (Lipinski definition) is 6. The first-order valence-electron chi connectivity index (χ1n) is 8.98. The van der Waals surface area contributed by atoms with Crippen molar-refractivity contribution in [3.8, 4) is 5.75 Å². The summed E-state index contributed by atoms with van der Waals surface area (Å²) in [5.41, 5.74) is 1.58. The monoisotopic (exact) mass is 438 g/mol. The summed E-state index contributed by atoms with van der Waals surface area (Å²) in [6, 6.07) is 14.1. The number of ether oxygens (including phenoxy) is 1. The second-order valence-corrected chi connectivity index (χ2v) is 8.81. The molecule has 0 heterocycles. The molecule has 0 unspecified atom stereocenters. The van der Waals surface area contributed by atoms with Gasteiger partial charge in [-0.15, -0.1) is 11.8 Å². The quantitative estimate of drug-likeness (QED) is 0.345. The fraction of sp³-hybridized carbons (Fsp3) is 0.350. The summed E-state index contributed by atoms with van der Waals surface area (Å²) in [5, 5.41) is 2.92. The molecule has 1 N–H and O–H groups in total. The van der Waals surface area contributed by atoms with E-state index in [2.05, 4.69) is 5.32 Å². The number of nitrogens with zero attached hydrogens (tertiary/aromatic N) is 1. The SMILES string of the molecule is COCCCN(Cc1ccc(OS(C)(=O)=O)cc1)C(=O)Nc1ccc(SC)cc1. The van der Waals surface area contributed by atoms with Gasteiger partial charge in [0, 0.05) is 37.4 Å². The average molecular weight is 439 g/mol. The molecule has 0 fully saturated rings. The minimum Gasteiger partial charge on any atom is -0.385 e. The smallest absolute Gasteiger partial charge is 0.322 e. The second-order valence-electron chi connectivity index (χ2n) is 6.36. The zero-order chi connectivity index (χ0) is 21.3. The molecule has 2 aromatic carbocycles. The molecule has 7 nitrogen and oxygen atoms in total. The molecule has 0 aliphatic rings. The Morgan fingerprint density at radius 2 is 1.76 bits per heavy atom. The molecule has 29 heavy (non-hydrogen) atoms. The van der Waals surface area contributed by atoms with Crippen molar-refractivity contribution in [2.24, 2.45) is 0 Å². The number of rotatable bonds is 10. The van der Waals surface area contributed by atoms with Crippen LogP contribution in [-0.2, 0) is 21.4 Å². The van der Waals surface area contributed by atoms with Crippen LogP contribution in [0.4, 0.5) is 10.5 Å². The number of amides is 2. The maximum absolute atomic E-state index is 12.8. The van der Waals surface area contributed by atoms with Crippen molar-refractivity contribution < 1.29 is 22.1 Å². The van der Waals surface area contributed by atoms with Crippen LogP contribution in [0.1, 0.15) is 12.0 Å². The van der Waals surface area contributed by atoms with Crippen LogP contribution in [0.5, 0.6) is 5.75 Å². The van der Waals surface area contributed by atoms with Gasteiger partial charge in [0.1, 0.15) is 5.75 Å². The molecule has 0 bridgehead atoms. The van der Waals surface area contributed by atoms with E-state index < -0.39 is 10.1 Å². The Morgan fingerprint density at radius 1 is 1.10 bits per heavy atom. The van der Waals surface area contributed by atoms with Gasteiger partial charge in [-0.25, -0.2) is 4.79 Å². The van der Waals surface area contributed by atoms with Crippen molar-refractivity contribution in [2.75, 3.05) is 38.1 Å². The molecule has 9 heteroatoms. The lowest BCUT2D eigenvalue weighted by atomic mass is 10.2. The highest BCUT2D eigenvalue weighted by Gasteiger charge is 2.15. The first kappa shape index (κ1) is 23.1. The number of carbonyl (C=O) groups is 1. The Kier molecular flexibility index (Phi) is 8.81. The number of anilines is 1. The van der Waals surface area contributed by atoms with E-state index in [0.717, 1.165) is 22.4 Å². The molecule has 0 spiro atoms. The van der Waals surface area contributed by atoms with Gasteiger partial charge in [-0.05, 0) is 54.6 Å². The molecule has 0 aromatic heterocycles. The van der Waals surface area contributed by atoms with Gasteiger partial charge in [-0.3, -0.25) is 0 Å². The fourth-order valence-electron chi connectivity index (χ4n) is 2.57. The largest absolute Gasteiger partial charge is 0.385 e. The van der Waals surface area contributed by atoms with Crippen LogP contribution < -0.4 is 9.50 Å². The van der Waals surface area contributed by atoms with Gasteiger partial charge in [-0.2, -0.15) is 8.42 Å². The Balaban J connectivity index is 2.06. The number of carbonyl (C=O) groups excluding carboxylic acids is 1. The summed E-state index contributed by atoms with van der Waals surface area (Å²) in [7, 11) is -1.95. The normalized spacial score (nSPS) is 11.1. The van der Waals surface area contributed by atoms with Gasteiger partial charge >= 0.3 is 16.1 Å². The number of hydrogen-bond donors (Lipinski definition) is 1. The highest BCUT2D eigenvalue weighted by molar-refractivity contribution is 7.98. The van der Waals surface area contributed by atoms with Gasteiger partial charge in [0.15, 0.2) is 0 Å². The van der Waals surface area contributed by atoms with Gasteiger partial charge in [0.05, 0.1) is 6.26 Å². The predicted octanol–water partition coefficient (Wildman–Crippen LogP) is 3.82. The van der Waals surface area contributed by atoms with Gasteiger partial charge < -0.3 is 19.1 Å². The summed E-state index contributed by atoms with van der Waals surface area (Å²) >= 11 is 1.64. The number of benzene rings is 2. The van der Waals surface area contributed by atoms with Crippen LogP contribution in [0.3, 0.4) is 0 Å². The van der Waals surface area contributed by atoms with Crippen molar-refractivity contribution >= 4 is 33.6 Å². The van der Waals surface area contributed by atoms with Crippen LogP contribution >= 0.6 is 11.8 Å². The molecule has 0 aliphatic carbocycles. The summed E-state index contributed by atoms with van der Waals surface area (Å²) in [4.78, 5) is 15.6.